The van der Waals surface area contributed by atoms with Gasteiger partial charge in [-0.15, -0.1) is 0 Å². The van der Waals surface area contributed by atoms with E-state index in [-0.39, 0.29) is 12.7 Å². The Labute approximate surface area is 122 Å². The molecule has 3 aliphatic carbocycles. The predicted molar refractivity (Wildman–Crippen MR) is 80.3 cm³/mol. The number of rotatable bonds is 2. The van der Waals surface area contributed by atoms with Gasteiger partial charge in [0.2, 0.25) is 0 Å². The van der Waals surface area contributed by atoms with Crippen molar-refractivity contribution in [1.82, 2.24) is 0 Å². The maximum atomic E-state index is 6.42. The van der Waals surface area contributed by atoms with Crippen LogP contribution in [-0.4, -0.2) is 18.8 Å². The molecule has 106 valence electrons. The van der Waals surface area contributed by atoms with Crippen LogP contribution in [0.15, 0.2) is 30.3 Å². The minimum Gasteiger partial charge on any atom is -0.405 e. The third-order valence-electron chi connectivity index (χ3n) is 6.25. The lowest BCUT2D eigenvalue weighted by atomic mass is 9.43. The highest BCUT2D eigenvalue weighted by atomic mass is 16.7. The molecule has 1 saturated heterocycles. The molecule has 3 saturated carbocycles. The molecule has 2 nitrogen and oxygen atoms in total. The highest BCUT2D eigenvalue weighted by molar-refractivity contribution is 6.44. The van der Waals surface area contributed by atoms with E-state index in [9.17, 15) is 0 Å². The fraction of sp³-hybridized carbons (Fsp3) is 0.647. The van der Waals surface area contributed by atoms with E-state index < -0.39 is 0 Å². The van der Waals surface area contributed by atoms with E-state index in [2.05, 4.69) is 51.1 Å². The molecule has 0 aromatic heterocycles. The van der Waals surface area contributed by atoms with E-state index in [4.69, 9.17) is 9.31 Å². The van der Waals surface area contributed by atoms with Gasteiger partial charge < -0.3 is 9.31 Å². The van der Waals surface area contributed by atoms with Crippen molar-refractivity contribution in [2.45, 2.75) is 51.6 Å². The molecule has 5 rings (SSSR count). The van der Waals surface area contributed by atoms with Crippen LogP contribution in [0.5, 0.6) is 0 Å². The van der Waals surface area contributed by atoms with Gasteiger partial charge in [-0.1, -0.05) is 49.7 Å². The predicted octanol–water partition coefficient (Wildman–Crippen LogP) is 3.50. The van der Waals surface area contributed by atoms with E-state index in [0.717, 1.165) is 12.2 Å². The Hall–Kier alpha value is -0.795. The first-order chi connectivity index (χ1) is 9.50. The van der Waals surface area contributed by atoms with Crippen molar-refractivity contribution in [3.8, 4) is 0 Å². The molecule has 0 N–H and O–H groups in total. The second-order valence-electron chi connectivity index (χ2n) is 7.59. The molecule has 3 heteroatoms. The molecule has 4 fully saturated rings. The normalized spacial score (nSPS) is 41.1. The van der Waals surface area contributed by atoms with Crippen molar-refractivity contribution in [2.24, 2.45) is 17.3 Å². The molecule has 1 aromatic carbocycles. The van der Waals surface area contributed by atoms with Crippen molar-refractivity contribution >= 4 is 7.12 Å². The van der Waals surface area contributed by atoms with Crippen molar-refractivity contribution in [3.05, 3.63) is 35.9 Å². The second-order valence-corrected chi connectivity index (χ2v) is 7.59. The summed E-state index contributed by atoms with van der Waals surface area (Å²) in [5, 5.41) is 0. The highest BCUT2D eigenvalue weighted by Gasteiger charge is 2.67. The van der Waals surface area contributed by atoms with Crippen molar-refractivity contribution < 1.29 is 9.31 Å². The van der Waals surface area contributed by atoms with Gasteiger partial charge in [-0.05, 0) is 37.0 Å². The van der Waals surface area contributed by atoms with Crippen LogP contribution in [0.3, 0.4) is 0 Å². The maximum Gasteiger partial charge on any atom is 0.462 e. The van der Waals surface area contributed by atoms with Gasteiger partial charge in [0, 0.05) is 6.32 Å². The first kappa shape index (κ1) is 12.9. The molecule has 1 heterocycles. The summed E-state index contributed by atoms with van der Waals surface area (Å²) in [6.07, 6.45) is 3.66. The summed E-state index contributed by atoms with van der Waals surface area (Å²) in [5.74, 6) is 1.48. The smallest absolute Gasteiger partial charge is 0.405 e. The van der Waals surface area contributed by atoms with Gasteiger partial charge in [0.05, 0.1) is 11.7 Å². The zero-order valence-corrected chi connectivity index (χ0v) is 12.6. The zero-order chi connectivity index (χ0) is 14.0. The first-order valence-electron chi connectivity index (χ1n) is 7.87. The third-order valence-corrected chi connectivity index (χ3v) is 6.25. The average Bonchev–Trinajstić information content (AvgIpc) is 2.74. The molecule has 1 unspecified atom stereocenters. The van der Waals surface area contributed by atoms with Crippen LogP contribution in [0.2, 0.25) is 0 Å². The summed E-state index contributed by atoms with van der Waals surface area (Å²) in [6.45, 7) is 7.09. The van der Waals surface area contributed by atoms with E-state index in [1.54, 1.807) is 0 Å². The minimum absolute atomic E-state index is 0.0671. The number of hydrogen-bond acceptors (Lipinski definition) is 2. The zero-order valence-electron chi connectivity index (χ0n) is 12.6. The summed E-state index contributed by atoms with van der Waals surface area (Å²) in [6, 6.07) is 10.5. The minimum atomic E-state index is -0.0717. The van der Waals surface area contributed by atoms with Crippen molar-refractivity contribution in [1.29, 1.82) is 0 Å². The quantitative estimate of drug-likeness (QED) is 0.766. The highest BCUT2D eigenvalue weighted by Crippen LogP contribution is 2.65. The second kappa shape index (κ2) is 4.11. The fourth-order valence-corrected chi connectivity index (χ4v) is 4.84. The summed E-state index contributed by atoms with van der Waals surface area (Å²) in [7, 11) is -0.0671. The Kier molecular flexibility index (Phi) is 2.65. The van der Waals surface area contributed by atoms with Crippen LogP contribution in [0, 0.1) is 17.3 Å². The summed E-state index contributed by atoms with van der Waals surface area (Å²) in [4.78, 5) is 0. The van der Waals surface area contributed by atoms with E-state index in [0.29, 0.717) is 17.4 Å². The van der Waals surface area contributed by atoms with Gasteiger partial charge in [0.25, 0.3) is 0 Å². The summed E-state index contributed by atoms with van der Waals surface area (Å²) in [5.41, 5.74) is 1.65. The first-order valence-corrected chi connectivity index (χ1v) is 7.87. The molecule has 4 atom stereocenters. The third kappa shape index (κ3) is 1.66. The molecular weight excluding hydrogens is 247 g/mol. The molecule has 0 amide bonds. The Morgan fingerprint density at radius 1 is 1.15 bits per heavy atom. The lowest BCUT2D eigenvalue weighted by Crippen LogP contribution is -2.65. The molecule has 0 radical (unpaired) electrons. The van der Waals surface area contributed by atoms with Crippen molar-refractivity contribution in [3.63, 3.8) is 0 Å². The van der Waals surface area contributed by atoms with Crippen LogP contribution in [0.4, 0.5) is 0 Å². The number of hydrogen-bond donors (Lipinski definition) is 0. The Morgan fingerprint density at radius 2 is 1.90 bits per heavy atom. The molecule has 1 aliphatic heterocycles. The van der Waals surface area contributed by atoms with Gasteiger partial charge in [-0.3, -0.25) is 0 Å². The molecule has 0 spiro atoms. The largest absolute Gasteiger partial charge is 0.462 e. The molecule has 4 aliphatic rings. The van der Waals surface area contributed by atoms with Crippen LogP contribution in [0.25, 0.3) is 0 Å². The van der Waals surface area contributed by atoms with Gasteiger partial charge in [-0.25, -0.2) is 0 Å². The standard InChI is InChI=1S/C17H23BO2/c1-16(2)13-9-14(16)17(3)15(10-13)19-18(20-17)11-12-7-5-4-6-8-12/h4-8,13-15H,9-11H2,1-3H3/t13-,14?,15+,17-/m0/s1. The topological polar surface area (TPSA) is 18.5 Å². The molecule has 1 aromatic rings. The Bertz CT molecular complexity index is 515. The van der Waals surface area contributed by atoms with Gasteiger partial charge in [0.15, 0.2) is 0 Å². The summed E-state index contributed by atoms with van der Waals surface area (Å²) >= 11 is 0. The summed E-state index contributed by atoms with van der Waals surface area (Å²) < 4.78 is 12.7. The van der Waals surface area contributed by atoms with E-state index in [1.807, 2.05) is 0 Å². The average molecular weight is 270 g/mol. The lowest BCUT2D eigenvalue weighted by molar-refractivity contribution is -0.199. The van der Waals surface area contributed by atoms with Crippen LogP contribution >= 0.6 is 0 Å². The Balaban J connectivity index is 1.53. The molecule has 2 bridgehead atoms. The SMILES string of the molecule is CC1(C)C2C[C@H]1C[C@H]1OB(Cc3ccccc3)O[C@@]21C. The van der Waals surface area contributed by atoms with Gasteiger partial charge >= 0.3 is 7.12 Å². The van der Waals surface area contributed by atoms with Crippen LogP contribution in [0.1, 0.15) is 39.2 Å². The van der Waals surface area contributed by atoms with E-state index in [1.165, 1.54) is 18.4 Å². The molecular formula is C17H23BO2. The lowest BCUT2D eigenvalue weighted by Gasteiger charge is -2.64. The van der Waals surface area contributed by atoms with Crippen LogP contribution < -0.4 is 0 Å². The van der Waals surface area contributed by atoms with Gasteiger partial charge in [-0.2, -0.15) is 0 Å². The van der Waals surface area contributed by atoms with Crippen molar-refractivity contribution in [2.75, 3.05) is 0 Å². The maximum absolute atomic E-state index is 6.42. The van der Waals surface area contributed by atoms with Crippen LogP contribution in [-0.2, 0) is 15.6 Å². The fourth-order valence-electron chi connectivity index (χ4n) is 4.84. The number of benzene rings is 1. The van der Waals surface area contributed by atoms with Gasteiger partial charge in [0.1, 0.15) is 0 Å². The monoisotopic (exact) mass is 270 g/mol. The van der Waals surface area contributed by atoms with E-state index >= 15 is 0 Å². The Morgan fingerprint density at radius 3 is 2.60 bits per heavy atom. The molecule has 20 heavy (non-hydrogen) atoms.